The van der Waals surface area contributed by atoms with E-state index < -0.39 is 0 Å². The topological polar surface area (TPSA) is 43.4 Å². The normalized spacial score (nSPS) is 19.8. The molecule has 1 saturated heterocycles. The van der Waals surface area contributed by atoms with E-state index in [9.17, 15) is 0 Å². The van der Waals surface area contributed by atoms with Crippen LogP contribution in [0.5, 0.6) is 5.88 Å². The Hall–Kier alpha value is -1.29. The Morgan fingerprint density at radius 1 is 1.56 bits per heavy atom. The van der Waals surface area contributed by atoms with Crippen LogP contribution in [0.1, 0.15) is 12.1 Å². The highest BCUT2D eigenvalue weighted by Crippen LogP contribution is 2.19. The van der Waals surface area contributed by atoms with Crippen LogP contribution in [0.3, 0.4) is 0 Å². The molecule has 88 valence electrons. The van der Waals surface area contributed by atoms with Crippen molar-refractivity contribution < 1.29 is 9.47 Å². The molecule has 1 fully saturated rings. The van der Waals surface area contributed by atoms with Gasteiger partial charge in [-0.15, -0.1) is 0 Å². The molecule has 4 heteroatoms. The molecule has 0 aromatic carbocycles. The van der Waals surface area contributed by atoms with E-state index in [1.54, 1.807) is 7.11 Å². The number of aryl methyl sites for hydroxylation is 1. The van der Waals surface area contributed by atoms with Crippen molar-refractivity contribution in [1.29, 1.82) is 0 Å². The average Bonchev–Trinajstić information content (AvgIpc) is 2.80. The first-order valence-corrected chi connectivity index (χ1v) is 5.63. The third-order valence-corrected chi connectivity index (χ3v) is 2.87. The number of methoxy groups -OCH3 is 1. The smallest absolute Gasteiger partial charge is 0.213 e. The standard InChI is InChI=1S/C12H18N2O2/c1-9-11(3-4-12(14-9)15-2)13-7-10-5-6-16-8-10/h3-4,10,13H,5-8H2,1-2H3. The second kappa shape index (κ2) is 5.16. The van der Waals surface area contributed by atoms with Gasteiger partial charge in [-0.05, 0) is 19.4 Å². The number of pyridine rings is 1. The Balaban J connectivity index is 1.93. The monoisotopic (exact) mass is 222 g/mol. The van der Waals surface area contributed by atoms with E-state index in [0.717, 1.165) is 37.6 Å². The summed E-state index contributed by atoms with van der Waals surface area (Å²) >= 11 is 0. The van der Waals surface area contributed by atoms with Crippen molar-refractivity contribution in [3.63, 3.8) is 0 Å². The lowest BCUT2D eigenvalue weighted by Gasteiger charge is -2.12. The van der Waals surface area contributed by atoms with Gasteiger partial charge in [-0.3, -0.25) is 0 Å². The number of anilines is 1. The molecule has 1 aromatic rings. The quantitative estimate of drug-likeness (QED) is 0.844. The van der Waals surface area contributed by atoms with Crippen molar-refractivity contribution >= 4 is 5.69 Å². The Kier molecular flexibility index (Phi) is 3.62. The summed E-state index contributed by atoms with van der Waals surface area (Å²) in [6, 6.07) is 3.89. The zero-order valence-corrected chi connectivity index (χ0v) is 9.82. The van der Waals surface area contributed by atoms with Gasteiger partial charge in [0.1, 0.15) is 0 Å². The lowest BCUT2D eigenvalue weighted by atomic mass is 10.1. The number of nitrogens with zero attached hydrogens (tertiary/aromatic N) is 1. The molecule has 0 saturated carbocycles. The van der Waals surface area contributed by atoms with Gasteiger partial charge >= 0.3 is 0 Å². The third-order valence-electron chi connectivity index (χ3n) is 2.87. The van der Waals surface area contributed by atoms with Gasteiger partial charge < -0.3 is 14.8 Å². The van der Waals surface area contributed by atoms with Crippen molar-refractivity contribution in [2.75, 3.05) is 32.2 Å². The molecule has 1 atom stereocenters. The number of rotatable bonds is 4. The van der Waals surface area contributed by atoms with Crippen LogP contribution in [0.4, 0.5) is 5.69 Å². The van der Waals surface area contributed by atoms with Crippen molar-refractivity contribution in [3.8, 4) is 5.88 Å². The molecule has 0 amide bonds. The highest BCUT2D eigenvalue weighted by atomic mass is 16.5. The van der Waals surface area contributed by atoms with Crippen LogP contribution in [0, 0.1) is 12.8 Å². The van der Waals surface area contributed by atoms with Gasteiger partial charge in [0, 0.05) is 25.1 Å². The predicted molar refractivity (Wildman–Crippen MR) is 62.9 cm³/mol. The molecule has 0 bridgehead atoms. The van der Waals surface area contributed by atoms with Gasteiger partial charge in [0.25, 0.3) is 0 Å². The highest BCUT2D eigenvalue weighted by Gasteiger charge is 2.15. The fourth-order valence-electron chi connectivity index (χ4n) is 1.84. The van der Waals surface area contributed by atoms with Crippen LogP contribution in [-0.2, 0) is 4.74 Å². The van der Waals surface area contributed by atoms with E-state index >= 15 is 0 Å². The van der Waals surface area contributed by atoms with Gasteiger partial charge in [-0.2, -0.15) is 0 Å². The zero-order chi connectivity index (χ0) is 11.4. The lowest BCUT2D eigenvalue weighted by molar-refractivity contribution is 0.187. The fourth-order valence-corrected chi connectivity index (χ4v) is 1.84. The van der Waals surface area contributed by atoms with Crippen LogP contribution in [0.2, 0.25) is 0 Å². The van der Waals surface area contributed by atoms with Crippen molar-refractivity contribution in [3.05, 3.63) is 17.8 Å². The first-order chi connectivity index (χ1) is 7.79. The third kappa shape index (κ3) is 2.64. The SMILES string of the molecule is COc1ccc(NCC2CCOC2)c(C)n1. The summed E-state index contributed by atoms with van der Waals surface area (Å²) in [5.74, 6) is 1.29. The molecule has 0 aliphatic carbocycles. The van der Waals surface area contributed by atoms with Crippen LogP contribution in [-0.4, -0.2) is 31.9 Å². The second-order valence-electron chi connectivity index (χ2n) is 4.10. The first kappa shape index (κ1) is 11.2. The molecule has 1 unspecified atom stereocenters. The predicted octanol–water partition coefficient (Wildman–Crippen LogP) is 1.85. The van der Waals surface area contributed by atoms with E-state index in [2.05, 4.69) is 10.3 Å². The summed E-state index contributed by atoms with van der Waals surface area (Å²) < 4.78 is 10.4. The van der Waals surface area contributed by atoms with Crippen molar-refractivity contribution in [2.24, 2.45) is 5.92 Å². The van der Waals surface area contributed by atoms with Gasteiger partial charge in [0.2, 0.25) is 5.88 Å². The second-order valence-corrected chi connectivity index (χ2v) is 4.10. The summed E-state index contributed by atoms with van der Waals surface area (Å²) in [6.07, 6.45) is 1.15. The van der Waals surface area contributed by atoms with Gasteiger partial charge in [0.05, 0.1) is 25.1 Å². The maximum atomic E-state index is 5.34. The Morgan fingerprint density at radius 3 is 3.06 bits per heavy atom. The molecular weight excluding hydrogens is 204 g/mol. The summed E-state index contributed by atoms with van der Waals surface area (Å²) in [5.41, 5.74) is 2.05. The van der Waals surface area contributed by atoms with E-state index in [0.29, 0.717) is 11.8 Å². The Labute approximate surface area is 96.0 Å². The van der Waals surface area contributed by atoms with E-state index in [1.807, 2.05) is 19.1 Å². The van der Waals surface area contributed by atoms with E-state index in [4.69, 9.17) is 9.47 Å². The van der Waals surface area contributed by atoms with E-state index in [-0.39, 0.29) is 0 Å². The summed E-state index contributed by atoms with van der Waals surface area (Å²) in [6.45, 7) is 4.70. The lowest BCUT2D eigenvalue weighted by Crippen LogP contribution is -2.14. The van der Waals surface area contributed by atoms with Crippen LogP contribution in [0.15, 0.2) is 12.1 Å². The molecule has 1 aromatic heterocycles. The number of aromatic nitrogens is 1. The maximum Gasteiger partial charge on any atom is 0.213 e. The molecule has 4 nitrogen and oxygen atoms in total. The molecule has 2 heterocycles. The first-order valence-electron chi connectivity index (χ1n) is 5.63. The molecule has 0 radical (unpaired) electrons. The number of hydrogen-bond donors (Lipinski definition) is 1. The molecule has 1 aliphatic heterocycles. The minimum absolute atomic E-state index is 0.626. The Morgan fingerprint density at radius 2 is 2.44 bits per heavy atom. The van der Waals surface area contributed by atoms with Gasteiger partial charge in [-0.1, -0.05) is 0 Å². The molecule has 0 spiro atoms. The summed E-state index contributed by atoms with van der Waals surface area (Å²) in [5, 5.41) is 3.41. The van der Waals surface area contributed by atoms with Gasteiger partial charge in [0.15, 0.2) is 0 Å². The summed E-state index contributed by atoms with van der Waals surface area (Å²) in [7, 11) is 1.63. The van der Waals surface area contributed by atoms with E-state index in [1.165, 1.54) is 0 Å². The molecule has 2 rings (SSSR count). The summed E-state index contributed by atoms with van der Waals surface area (Å²) in [4.78, 5) is 4.32. The largest absolute Gasteiger partial charge is 0.481 e. The molecular formula is C12H18N2O2. The Bertz CT molecular complexity index is 349. The zero-order valence-electron chi connectivity index (χ0n) is 9.82. The van der Waals surface area contributed by atoms with Crippen LogP contribution in [0.25, 0.3) is 0 Å². The van der Waals surface area contributed by atoms with Gasteiger partial charge in [-0.25, -0.2) is 4.98 Å². The highest BCUT2D eigenvalue weighted by molar-refractivity contribution is 5.48. The minimum atomic E-state index is 0.626. The maximum absolute atomic E-state index is 5.34. The average molecular weight is 222 g/mol. The fraction of sp³-hybridized carbons (Fsp3) is 0.583. The van der Waals surface area contributed by atoms with Crippen molar-refractivity contribution in [2.45, 2.75) is 13.3 Å². The minimum Gasteiger partial charge on any atom is -0.481 e. The molecule has 16 heavy (non-hydrogen) atoms. The van der Waals surface area contributed by atoms with Crippen LogP contribution < -0.4 is 10.1 Å². The molecule has 1 N–H and O–H groups in total. The number of nitrogens with one attached hydrogen (secondary N) is 1. The van der Waals surface area contributed by atoms with Crippen LogP contribution >= 0.6 is 0 Å². The molecule has 1 aliphatic rings. The number of hydrogen-bond acceptors (Lipinski definition) is 4. The van der Waals surface area contributed by atoms with Crippen molar-refractivity contribution in [1.82, 2.24) is 4.98 Å². The number of ether oxygens (including phenoxy) is 2.